The highest BCUT2D eigenvalue weighted by Crippen LogP contribution is 2.32. The summed E-state index contributed by atoms with van der Waals surface area (Å²) in [4.78, 5) is 6.33. The van der Waals surface area contributed by atoms with Gasteiger partial charge in [0.1, 0.15) is 5.82 Å². The molecule has 1 aromatic carbocycles. The van der Waals surface area contributed by atoms with Crippen LogP contribution >= 0.6 is 15.9 Å². The molecule has 2 unspecified atom stereocenters. The standard InChI is InChI=1S/C14H17BrFN3O/c15-12-4-3-9(16)6-11(12)13-7-18-14(17)19(13)8-10-2-1-5-20-10/h3-4,6,10,13H,1-2,5,7-8H2,(H2,17,18). The first kappa shape index (κ1) is 13.8. The summed E-state index contributed by atoms with van der Waals surface area (Å²) in [6.45, 7) is 2.08. The first-order valence-corrected chi connectivity index (χ1v) is 7.57. The van der Waals surface area contributed by atoms with E-state index < -0.39 is 0 Å². The minimum atomic E-state index is -0.245. The van der Waals surface area contributed by atoms with Crippen LogP contribution in [-0.4, -0.2) is 36.7 Å². The van der Waals surface area contributed by atoms with Crippen molar-refractivity contribution in [1.29, 1.82) is 0 Å². The van der Waals surface area contributed by atoms with Gasteiger partial charge in [0.25, 0.3) is 0 Å². The molecule has 1 fully saturated rings. The molecular formula is C14H17BrFN3O. The molecule has 2 aliphatic heterocycles. The highest BCUT2D eigenvalue weighted by Gasteiger charge is 2.32. The van der Waals surface area contributed by atoms with Crippen LogP contribution in [0.1, 0.15) is 24.4 Å². The molecule has 1 saturated heterocycles. The van der Waals surface area contributed by atoms with Crippen molar-refractivity contribution < 1.29 is 9.13 Å². The fraction of sp³-hybridized carbons (Fsp3) is 0.500. The molecule has 1 aromatic rings. The van der Waals surface area contributed by atoms with Gasteiger partial charge in [-0.05, 0) is 36.6 Å². The number of halogens is 2. The van der Waals surface area contributed by atoms with Gasteiger partial charge in [-0.25, -0.2) is 4.39 Å². The minimum Gasteiger partial charge on any atom is -0.376 e. The van der Waals surface area contributed by atoms with E-state index >= 15 is 0 Å². The van der Waals surface area contributed by atoms with Crippen LogP contribution in [0.15, 0.2) is 27.7 Å². The SMILES string of the molecule is NC1=NCC(c2cc(F)ccc2Br)N1CC1CCCO1. The average Bonchev–Trinajstić information content (AvgIpc) is 3.05. The second kappa shape index (κ2) is 5.69. The van der Waals surface area contributed by atoms with E-state index in [1.807, 2.05) is 4.90 Å². The molecule has 20 heavy (non-hydrogen) atoms. The van der Waals surface area contributed by atoms with Crippen LogP contribution < -0.4 is 5.73 Å². The van der Waals surface area contributed by atoms with Gasteiger partial charge in [0.05, 0.1) is 18.7 Å². The summed E-state index contributed by atoms with van der Waals surface area (Å²) in [5.41, 5.74) is 6.87. The Labute approximate surface area is 125 Å². The number of nitrogens with two attached hydrogens (primary N) is 1. The monoisotopic (exact) mass is 341 g/mol. The van der Waals surface area contributed by atoms with Gasteiger partial charge in [0.15, 0.2) is 5.96 Å². The minimum absolute atomic E-state index is 0.0238. The average molecular weight is 342 g/mol. The summed E-state index contributed by atoms with van der Waals surface area (Å²) in [6, 6.07) is 4.69. The Hall–Kier alpha value is -1.14. The van der Waals surface area contributed by atoms with Crippen molar-refractivity contribution in [2.24, 2.45) is 10.7 Å². The lowest BCUT2D eigenvalue weighted by atomic mass is 10.1. The molecule has 2 N–H and O–H groups in total. The van der Waals surface area contributed by atoms with E-state index in [0.717, 1.165) is 29.5 Å². The molecule has 0 amide bonds. The Bertz CT molecular complexity index is 531. The first-order valence-electron chi connectivity index (χ1n) is 6.78. The van der Waals surface area contributed by atoms with Crippen LogP contribution in [0.2, 0.25) is 0 Å². The third-order valence-electron chi connectivity index (χ3n) is 3.84. The Morgan fingerprint density at radius 1 is 1.50 bits per heavy atom. The molecule has 0 spiro atoms. The number of benzene rings is 1. The van der Waals surface area contributed by atoms with Crippen LogP contribution in [0.3, 0.4) is 0 Å². The van der Waals surface area contributed by atoms with E-state index in [9.17, 15) is 4.39 Å². The van der Waals surface area contributed by atoms with E-state index in [0.29, 0.717) is 19.0 Å². The maximum atomic E-state index is 13.5. The number of hydrogen-bond donors (Lipinski definition) is 1. The van der Waals surface area contributed by atoms with Gasteiger partial charge >= 0.3 is 0 Å². The zero-order valence-corrected chi connectivity index (χ0v) is 12.6. The first-order chi connectivity index (χ1) is 9.65. The van der Waals surface area contributed by atoms with Gasteiger partial charge in [-0.15, -0.1) is 0 Å². The lowest BCUT2D eigenvalue weighted by Crippen LogP contribution is -2.41. The number of ether oxygens (including phenoxy) is 1. The predicted molar refractivity (Wildman–Crippen MR) is 79.0 cm³/mol. The van der Waals surface area contributed by atoms with Gasteiger partial charge in [-0.3, -0.25) is 4.99 Å². The number of aliphatic imine (C=N–C) groups is 1. The quantitative estimate of drug-likeness (QED) is 0.918. The number of guanidine groups is 1. The van der Waals surface area contributed by atoms with Crippen molar-refractivity contribution in [1.82, 2.24) is 4.90 Å². The van der Waals surface area contributed by atoms with E-state index in [-0.39, 0.29) is 18.0 Å². The normalized spacial score (nSPS) is 26.1. The second-order valence-electron chi connectivity index (χ2n) is 5.17. The molecule has 0 radical (unpaired) electrons. The van der Waals surface area contributed by atoms with Crippen molar-refractivity contribution in [2.75, 3.05) is 19.7 Å². The lowest BCUT2D eigenvalue weighted by molar-refractivity contribution is 0.0852. The molecule has 6 heteroatoms. The lowest BCUT2D eigenvalue weighted by Gasteiger charge is -2.29. The van der Waals surface area contributed by atoms with E-state index in [4.69, 9.17) is 10.5 Å². The van der Waals surface area contributed by atoms with Crippen LogP contribution in [0.5, 0.6) is 0 Å². The summed E-state index contributed by atoms with van der Waals surface area (Å²) < 4.78 is 20.0. The van der Waals surface area contributed by atoms with Crippen molar-refractivity contribution in [3.8, 4) is 0 Å². The van der Waals surface area contributed by atoms with Crippen LogP contribution in [-0.2, 0) is 4.74 Å². The number of nitrogens with zero attached hydrogens (tertiary/aromatic N) is 2. The summed E-state index contributed by atoms with van der Waals surface area (Å²) in [5.74, 6) is 0.271. The zero-order chi connectivity index (χ0) is 14.1. The molecule has 0 bridgehead atoms. The maximum absolute atomic E-state index is 13.5. The zero-order valence-electron chi connectivity index (χ0n) is 11.1. The van der Waals surface area contributed by atoms with Gasteiger partial charge in [-0.1, -0.05) is 15.9 Å². The molecular weight excluding hydrogens is 325 g/mol. The van der Waals surface area contributed by atoms with Crippen molar-refractivity contribution in [3.05, 3.63) is 34.1 Å². The molecule has 2 atom stereocenters. The van der Waals surface area contributed by atoms with E-state index in [1.165, 1.54) is 6.07 Å². The van der Waals surface area contributed by atoms with E-state index in [2.05, 4.69) is 20.9 Å². The number of rotatable bonds is 3. The Morgan fingerprint density at radius 3 is 3.10 bits per heavy atom. The summed E-state index contributed by atoms with van der Waals surface area (Å²) in [7, 11) is 0. The van der Waals surface area contributed by atoms with Crippen LogP contribution in [0.25, 0.3) is 0 Å². The fourth-order valence-corrected chi connectivity index (χ4v) is 3.30. The molecule has 0 aromatic heterocycles. The van der Waals surface area contributed by atoms with Crippen molar-refractivity contribution in [3.63, 3.8) is 0 Å². The van der Waals surface area contributed by atoms with Crippen molar-refractivity contribution >= 4 is 21.9 Å². The molecule has 2 aliphatic rings. The molecule has 0 aliphatic carbocycles. The second-order valence-corrected chi connectivity index (χ2v) is 6.02. The van der Waals surface area contributed by atoms with E-state index in [1.54, 1.807) is 12.1 Å². The highest BCUT2D eigenvalue weighted by atomic mass is 79.9. The molecule has 0 saturated carbocycles. The Kier molecular flexibility index (Phi) is 3.94. The van der Waals surface area contributed by atoms with Gasteiger partial charge in [0.2, 0.25) is 0 Å². The topological polar surface area (TPSA) is 50.8 Å². The smallest absolute Gasteiger partial charge is 0.192 e. The van der Waals surface area contributed by atoms with Gasteiger partial charge < -0.3 is 15.4 Å². The molecule has 3 rings (SSSR count). The summed E-state index contributed by atoms with van der Waals surface area (Å²) >= 11 is 3.48. The Balaban J connectivity index is 1.82. The number of hydrogen-bond acceptors (Lipinski definition) is 4. The highest BCUT2D eigenvalue weighted by molar-refractivity contribution is 9.10. The Morgan fingerprint density at radius 2 is 2.35 bits per heavy atom. The van der Waals surface area contributed by atoms with Gasteiger partial charge in [0, 0.05) is 17.6 Å². The molecule has 2 heterocycles. The fourth-order valence-electron chi connectivity index (χ4n) is 2.79. The van der Waals surface area contributed by atoms with Crippen LogP contribution in [0.4, 0.5) is 4.39 Å². The predicted octanol–water partition coefficient (Wildman–Crippen LogP) is 2.44. The third-order valence-corrected chi connectivity index (χ3v) is 4.56. The van der Waals surface area contributed by atoms with Crippen LogP contribution in [0, 0.1) is 5.82 Å². The molecule has 4 nitrogen and oxygen atoms in total. The summed E-state index contributed by atoms with van der Waals surface area (Å²) in [5, 5.41) is 0. The van der Waals surface area contributed by atoms with Gasteiger partial charge in [-0.2, -0.15) is 0 Å². The third kappa shape index (κ3) is 2.67. The largest absolute Gasteiger partial charge is 0.376 e. The maximum Gasteiger partial charge on any atom is 0.192 e. The summed E-state index contributed by atoms with van der Waals surface area (Å²) in [6.07, 6.45) is 2.32. The van der Waals surface area contributed by atoms with Crippen molar-refractivity contribution in [2.45, 2.75) is 25.0 Å². The molecule has 108 valence electrons.